The zero-order valence-electron chi connectivity index (χ0n) is 18.7. The molecule has 0 aliphatic carbocycles. The lowest BCUT2D eigenvalue weighted by atomic mass is 10.2. The van der Waals surface area contributed by atoms with Gasteiger partial charge in [0, 0.05) is 18.2 Å². The van der Waals surface area contributed by atoms with Crippen LogP contribution in [0.1, 0.15) is 43.0 Å². The van der Waals surface area contributed by atoms with Crippen molar-refractivity contribution >= 4 is 32.6 Å². The number of carbonyl (C=O) groups excluding carboxylic acids is 1. The van der Waals surface area contributed by atoms with Gasteiger partial charge in [0.05, 0.1) is 11.3 Å². The zero-order chi connectivity index (χ0) is 23.1. The van der Waals surface area contributed by atoms with Gasteiger partial charge in [-0.3, -0.25) is 9.69 Å². The quantitative estimate of drug-likeness (QED) is 0.342. The molecule has 3 aromatic rings. The average molecular weight is 462 g/mol. The number of carbonyl (C=O) groups is 1. The van der Waals surface area contributed by atoms with Gasteiger partial charge in [-0.05, 0) is 63.8 Å². The summed E-state index contributed by atoms with van der Waals surface area (Å²) >= 11 is 1.11. The summed E-state index contributed by atoms with van der Waals surface area (Å²) in [7, 11) is 3.92. The minimum absolute atomic E-state index is 0.0765. The van der Waals surface area contributed by atoms with Crippen LogP contribution in [0.15, 0.2) is 36.4 Å². The van der Waals surface area contributed by atoms with Crippen molar-refractivity contribution in [2.24, 2.45) is 0 Å². The molecule has 0 spiro atoms. The van der Waals surface area contributed by atoms with Crippen LogP contribution in [0.3, 0.4) is 0 Å². The number of halogens is 2. The summed E-state index contributed by atoms with van der Waals surface area (Å²) in [4.78, 5) is 21.2. The Morgan fingerprint density at radius 3 is 2.50 bits per heavy atom. The SMILES string of the molecule is CCCCCOc1ccc(C(=O)N(CCCN(C)C)c2nc3c(F)cc(F)cc3s2)cc1. The number of anilines is 1. The highest BCUT2D eigenvalue weighted by atomic mass is 32.1. The molecule has 2 aromatic carbocycles. The van der Waals surface area contributed by atoms with Gasteiger partial charge in [-0.25, -0.2) is 13.8 Å². The summed E-state index contributed by atoms with van der Waals surface area (Å²) in [6.07, 6.45) is 3.95. The standard InChI is InChI=1S/C24H29F2N3O2S/c1-4-5-6-14-31-19-10-8-17(9-11-19)23(30)29(13-7-12-28(2)3)24-27-22-20(26)15-18(25)16-21(22)32-24/h8-11,15-16H,4-7,12-14H2,1-3H3. The molecule has 0 fully saturated rings. The first-order chi connectivity index (χ1) is 15.4. The minimum atomic E-state index is -0.729. The summed E-state index contributed by atoms with van der Waals surface area (Å²) in [6, 6.07) is 9.07. The minimum Gasteiger partial charge on any atom is -0.494 e. The van der Waals surface area contributed by atoms with Gasteiger partial charge < -0.3 is 9.64 Å². The van der Waals surface area contributed by atoms with E-state index in [1.807, 2.05) is 19.0 Å². The van der Waals surface area contributed by atoms with E-state index in [1.54, 1.807) is 29.2 Å². The number of amides is 1. The van der Waals surface area contributed by atoms with Crippen molar-refractivity contribution in [2.75, 3.05) is 38.7 Å². The Morgan fingerprint density at radius 2 is 1.81 bits per heavy atom. The van der Waals surface area contributed by atoms with Crippen molar-refractivity contribution in [1.29, 1.82) is 0 Å². The molecule has 0 radical (unpaired) electrons. The highest BCUT2D eigenvalue weighted by molar-refractivity contribution is 7.22. The fraction of sp³-hybridized carbons (Fsp3) is 0.417. The van der Waals surface area contributed by atoms with E-state index in [4.69, 9.17) is 4.74 Å². The van der Waals surface area contributed by atoms with Crippen LogP contribution in [-0.2, 0) is 0 Å². The van der Waals surface area contributed by atoms with Gasteiger partial charge in [0.25, 0.3) is 5.91 Å². The summed E-state index contributed by atoms with van der Waals surface area (Å²) < 4.78 is 33.9. The van der Waals surface area contributed by atoms with Crippen molar-refractivity contribution in [1.82, 2.24) is 9.88 Å². The summed E-state index contributed by atoms with van der Waals surface area (Å²) in [5.41, 5.74) is 0.564. The molecule has 0 atom stereocenters. The van der Waals surface area contributed by atoms with E-state index < -0.39 is 11.6 Å². The van der Waals surface area contributed by atoms with Crippen LogP contribution in [0.5, 0.6) is 5.75 Å². The van der Waals surface area contributed by atoms with Crippen molar-refractivity contribution in [2.45, 2.75) is 32.6 Å². The van der Waals surface area contributed by atoms with Crippen LogP contribution < -0.4 is 9.64 Å². The molecule has 3 rings (SSSR count). The second-order valence-corrected chi connectivity index (χ2v) is 8.93. The van der Waals surface area contributed by atoms with Crippen molar-refractivity contribution in [3.63, 3.8) is 0 Å². The Hall–Kier alpha value is -2.58. The number of unbranched alkanes of at least 4 members (excludes halogenated alkanes) is 2. The molecule has 5 nitrogen and oxygen atoms in total. The molecule has 0 saturated heterocycles. The Bertz CT molecular complexity index is 1040. The van der Waals surface area contributed by atoms with Gasteiger partial charge in [0.1, 0.15) is 17.1 Å². The molecule has 0 bridgehead atoms. The Kier molecular flexibility index (Phi) is 8.53. The number of nitrogens with zero attached hydrogens (tertiary/aromatic N) is 3. The summed E-state index contributed by atoms with van der Waals surface area (Å²) in [5.74, 6) is -0.909. The first-order valence-electron chi connectivity index (χ1n) is 10.8. The fourth-order valence-corrected chi connectivity index (χ4v) is 4.31. The van der Waals surface area contributed by atoms with Gasteiger partial charge in [0.15, 0.2) is 10.9 Å². The third-order valence-corrected chi connectivity index (χ3v) is 6.01. The van der Waals surface area contributed by atoms with Crippen LogP contribution in [0, 0.1) is 11.6 Å². The topological polar surface area (TPSA) is 45.7 Å². The monoisotopic (exact) mass is 461 g/mol. The highest BCUT2D eigenvalue weighted by Gasteiger charge is 2.22. The van der Waals surface area contributed by atoms with Gasteiger partial charge >= 0.3 is 0 Å². The zero-order valence-corrected chi connectivity index (χ0v) is 19.6. The number of hydrogen-bond acceptors (Lipinski definition) is 5. The fourth-order valence-electron chi connectivity index (χ4n) is 3.28. The van der Waals surface area contributed by atoms with Crippen molar-refractivity contribution in [3.8, 4) is 5.75 Å². The summed E-state index contributed by atoms with van der Waals surface area (Å²) in [5, 5.41) is 0.355. The van der Waals surface area contributed by atoms with Gasteiger partial charge in [-0.15, -0.1) is 0 Å². The average Bonchev–Trinajstić information content (AvgIpc) is 3.18. The summed E-state index contributed by atoms with van der Waals surface area (Å²) in [6.45, 7) is 3.98. The number of fused-ring (bicyclic) bond motifs is 1. The molecule has 0 aliphatic heterocycles. The van der Waals surface area contributed by atoms with E-state index >= 15 is 0 Å². The van der Waals surface area contributed by atoms with Crippen molar-refractivity contribution < 1.29 is 18.3 Å². The van der Waals surface area contributed by atoms with Crippen LogP contribution >= 0.6 is 11.3 Å². The highest BCUT2D eigenvalue weighted by Crippen LogP contribution is 2.32. The van der Waals surface area contributed by atoms with E-state index in [0.717, 1.165) is 43.2 Å². The molecule has 172 valence electrons. The van der Waals surface area contributed by atoms with Gasteiger partial charge in [-0.1, -0.05) is 31.1 Å². The maximum atomic E-state index is 14.2. The van der Waals surface area contributed by atoms with Gasteiger partial charge in [0.2, 0.25) is 0 Å². The molecule has 0 N–H and O–H groups in total. The first kappa shape index (κ1) is 24.1. The second kappa shape index (κ2) is 11.3. The normalized spacial score (nSPS) is 11.3. The molecule has 32 heavy (non-hydrogen) atoms. The molecular weight excluding hydrogens is 432 g/mol. The molecule has 1 aromatic heterocycles. The number of thiazole rings is 1. The maximum Gasteiger partial charge on any atom is 0.260 e. The van der Waals surface area contributed by atoms with E-state index in [2.05, 4.69) is 11.9 Å². The van der Waals surface area contributed by atoms with Crippen molar-refractivity contribution in [3.05, 3.63) is 53.6 Å². The molecule has 0 unspecified atom stereocenters. The van der Waals surface area contributed by atoms with E-state index in [1.165, 1.54) is 6.07 Å². The number of aromatic nitrogens is 1. The third-order valence-electron chi connectivity index (χ3n) is 4.98. The van der Waals surface area contributed by atoms with E-state index in [0.29, 0.717) is 40.7 Å². The molecular formula is C24H29F2N3O2S. The number of benzene rings is 2. The number of rotatable bonds is 11. The number of hydrogen-bond donors (Lipinski definition) is 0. The molecule has 1 heterocycles. The molecule has 0 aliphatic rings. The Labute approximate surface area is 191 Å². The third kappa shape index (κ3) is 6.23. The Balaban J connectivity index is 1.82. The van der Waals surface area contributed by atoms with E-state index in [9.17, 15) is 13.6 Å². The van der Waals surface area contributed by atoms with E-state index in [-0.39, 0.29) is 11.4 Å². The predicted octanol–water partition coefficient (Wildman–Crippen LogP) is 5.74. The van der Waals surface area contributed by atoms with Crippen LogP contribution in [-0.4, -0.2) is 49.6 Å². The molecule has 0 saturated carbocycles. The predicted molar refractivity (Wildman–Crippen MR) is 126 cm³/mol. The molecule has 8 heteroatoms. The first-order valence-corrected chi connectivity index (χ1v) is 11.7. The largest absolute Gasteiger partial charge is 0.494 e. The van der Waals surface area contributed by atoms with Gasteiger partial charge in [-0.2, -0.15) is 0 Å². The van der Waals surface area contributed by atoms with Crippen LogP contribution in [0.25, 0.3) is 10.2 Å². The van der Waals surface area contributed by atoms with Crippen LogP contribution in [0.2, 0.25) is 0 Å². The smallest absolute Gasteiger partial charge is 0.260 e. The second-order valence-electron chi connectivity index (χ2n) is 7.92. The lowest BCUT2D eigenvalue weighted by molar-refractivity contribution is 0.0986. The molecule has 1 amide bonds. The van der Waals surface area contributed by atoms with Crippen LogP contribution in [0.4, 0.5) is 13.9 Å². The number of ether oxygens (including phenoxy) is 1. The maximum absolute atomic E-state index is 14.2. The lowest BCUT2D eigenvalue weighted by Crippen LogP contribution is -2.33. The lowest BCUT2D eigenvalue weighted by Gasteiger charge is -2.21. The Morgan fingerprint density at radius 1 is 1.06 bits per heavy atom.